The second kappa shape index (κ2) is 8.42. The third kappa shape index (κ3) is 3.81. The lowest BCUT2D eigenvalue weighted by molar-refractivity contribution is -0.0675. The minimum atomic E-state index is -3.39. The van der Waals surface area contributed by atoms with Crippen LogP contribution in [0.2, 0.25) is 0 Å². The molecule has 8 nitrogen and oxygen atoms in total. The van der Waals surface area contributed by atoms with Gasteiger partial charge < -0.3 is 19.5 Å². The number of hydrogen-bond acceptors (Lipinski definition) is 6. The normalized spacial score (nSPS) is 20.3. The molecule has 1 aromatic carbocycles. The quantitative estimate of drug-likeness (QED) is 0.425. The molecule has 1 saturated heterocycles. The lowest BCUT2D eigenvalue weighted by Gasteiger charge is -2.36. The number of nitrogens with zero attached hydrogens (tertiary/aromatic N) is 6. The number of methoxy groups -OCH3 is 1. The largest absolute Gasteiger partial charge is 0.479 e. The molecule has 12 heteroatoms. The number of benzene rings is 1. The van der Waals surface area contributed by atoms with Gasteiger partial charge in [0, 0.05) is 10.7 Å². The smallest absolute Gasteiger partial charge is 0.280 e. The van der Waals surface area contributed by atoms with E-state index in [9.17, 15) is 13.2 Å². The van der Waals surface area contributed by atoms with Crippen LogP contribution in [0.25, 0.3) is 27.7 Å². The summed E-state index contributed by atoms with van der Waals surface area (Å²) in [6.07, 6.45) is 2.41. The summed E-state index contributed by atoms with van der Waals surface area (Å²) in [5.41, 5.74) is 1.96. The number of piperidine rings is 1. The molecule has 0 saturated carbocycles. The molecule has 0 spiro atoms. The molecule has 4 aromatic rings. The fourth-order valence-electron chi connectivity index (χ4n) is 4.25. The maximum absolute atomic E-state index is 15.2. The van der Waals surface area contributed by atoms with Gasteiger partial charge in [-0.05, 0) is 31.1 Å². The number of anilines is 1. The highest BCUT2D eigenvalue weighted by molar-refractivity contribution is 5.90. The number of hydrogen-bond donors (Lipinski definition) is 1. The van der Waals surface area contributed by atoms with Gasteiger partial charge in [-0.25, -0.2) is 27.1 Å². The number of fused-ring (bicyclic) bond motifs is 2. The van der Waals surface area contributed by atoms with Crippen molar-refractivity contribution in [1.29, 1.82) is 0 Å². The first kappa shape index (κ1) is 19.0. The van der Waals surface area contributed by atoms with Crippen LogP contribution in [0, 0.1) is 5.82 Å². The van der Waals surface area contributed by atoms with Crippen LogP contribution in [-0.2, 0) is 6.54 Å². The molecule has 5 rings (SSSR count). The van der Waals surface area contributed by atoms with Crippen LogP contribution >= 0.6 is 0 Å². The summed E-state index contributed by atoms with van der Waals surface area (Å²) in [5.74, 6) is -4.33. The van der Waals surface area contributed by atoms with Gasteiger partial charge in [-0.1, -0.05) is 6.07 Å². The van der Waals surface area contributed by atoms with Crippen molar-refractivity contribution in [3.05, 3.63) is 36.5 Å². The van der Waals surface area contributed by atoms with Crippen molar-refractivity contribution in [2.45, 2.75) is 24.9 Å². The number of imidazole rings is 1. The van der Waals surface area contributed by atoms with Crippen LogP contribution in [0.4, 0.5) is 23.5 Å². The van der Waals surface area contributed by atoms with E-state index in [1.807, 2.05) is 0 Å². The Bertz CT molecular complexity index is 1460. The first-order valence-electron chi connectivity index (χ1n) is 12.1. The van der Waals surface area contributed by atoms with Gasteiger partial charge in [0.2, 0.25) is 11.8 Å². The molecule has 1 N–H and O–H groups in total. The van der Waals surface area contributed by atoms with E-state index in [0.29, 0.717) is 16.6 Å². The van der Waals surface area contributed by atoms with E-state index in [0.717, 1.165) is 15.6 Å². The maximum atomic E-state index is 15.2. The average molecular weight is 480 g/mol. The lowest BCUT2D eigenvalue weighted by atomic mass is 10.0. The predicted octanol–water partition coefficient (Wildman–Crippen LogP) is 3.61. The highest BCUT2D eigenvalue weighted by Gasteiger charge is 2.44. The van der Waals surface area contributed by atoms with Crippen LogP contribution in [0.3, 0.4) is 0 Å². The van der Waals surface area contributed by atoms with E-state index >= 15 is 4.39 Å². The molecule has 0 amide bonds. The molecular weight excluding hydrogens is 454 g/mol. The van der Waals surface area contributed by atoms with Crippen molar-refractivity contribution in [3.63, 3.8) is 0 Å². The zero-order valence-electron chi connectivity index (χ0n) is 21.1. The minimum Gasteiger partial charge on any atom is -0.479 e. The predicted molar refractivity (Wildman–Crippen MR) is 119 cm³/mol. The monoisotopic (exact) mass is 480 g/mol. The van der Waals surface area contributed by atoms with E-state index in [-0.39, 0.29) is 42.4 Å². The van der Waals surface area contributed by atoms with E-state index < -0.39 is 38.0 Å². The Labute approximate surface area is 196 Å². The Morgan fingerprint density at radius 3 is 2.94 bits per heavy atom. The maximum Gasteiger partial charge on any atom is 0.280 e. The number of likely N-dealkylation sites (tertiary alicyclic amines) is 1. The van der Waals surface area contributed by atoms with Crippen LogP contribution < -0.4 is 10.1 Å². The molecule has 1 aliphatic heterocycles. The molecule has 0 radical (unpaired) electrons. The van der Waals surface area contributed by atoms with Crippen molar-refractivity contribution >= 4 is 22.5 Å². The summed E-state index contributed by atoms with van der Waals surface area (Å²) in [5, 5.41) is 6.73. The van der Waals surface area contributed by atoms with Gasteiger partial charge in [-0.3, -0.25) is 0 Å². The van der Waals surface area contributed by atoms with Crippen molar-refractivity contribution in [2.75, 3.05) is 39.2 Å². The third-order valence-corrected chi connectivity index (χ3v) is 5.88. The average Bonchev–Trinajstić information content (AvgIpc) is 3.38. The third-order valence-electron chi connectivity index (χ3n) is 5.88. The Morgan fingerprint density at radius 1 is 1.35 bits per heavy atom. The molecule has 180 valence electrons. The van der Waals surface area contributed by atoms with Crippen molar-refractivity contribution in [2.24, 2.45) is 0 Å². The Kier molecular flexibility index (Phi) is 4.70. The number of rotatable bonds is 6. The van der Waals surface area contributed by atoms with Gasteiger partial charge in [0.1, 0.15) is 12.2 Å². The standard InChI is InChI=1S/C22H23F4N7O/c1-31-7-5-17(22(25,26)11-31)28-21-29-20(34-2)19-18(14(24)10-33(19)30-21)13-3-4-15-16(9-13)32(8-6-23)12-27-15/h3-4,9-10,12,17H,5-8,11H2,1-2H3,(H,28,30)/t17-/m1/s1/i1D3. The van der Waals surface area contributed by atoms with Gasteiger partial charge in [-0.15, -0.1) is 5.10 Å². The van der Waals surface area contributed by atoms with Gasteiger partial charge in [-0.2, -0.15) is 4.98 Å². The lowest BCUT2D eigenvalue weighted by Crippen LogP contribution is -2.53. The highest BCUT2D eigenvalue weighted by Crippen LogP contribution is 2.36. The van der Waals surface area contributed by atoms with Crippen LogP contribution in [0.5, 0.6) is 5.88 Å². The fraction of sp³-hybridized carbons (Fsp3) is 0.409. The second-order valence-electron chi connectivity index (χ2n) is 8.09. The molecule has 1 aliphatic rings. The first-order chi connectivity index (χ1) is 17.5. The number of alkyl halides is 3. The SMILES string of the molecule is [2H]C([2H])([2H])N1CC[C@@H](Nc2nc(OC)c3c(-c4ccc5ncn(CCF)c5c4)c(F)cn3n2)C(F)(F)C1. The molecular formula is C22H23F4N7O. The van der Waals surface area contributed by atoms with E-state index in [2.05, 4.69) is 20.4 Å². The molecule has 0 unspecified atom stereocenters. The molecule has 3 aromatic heterocycles. The Hall–Kier alpha value is -3.41. The number of aryl methyl sites for hydroxylation is 1. The Balaban J connectivity index is 1.51. The molecule has 1 fully saturated rings. The minimum absolute atomic E-state index is 0.0583. The van der Waals surface area contributed by atoms with Gasteiger partial charge >= 0.3 is 0 Å². The van der Waals surface area contributed by atoms with E-state index in [1.54, 1.807) is 22.8 Å². The van der Waals surface area contributed by atoms with E-state index in [4.69, 9.17) is 8.85 Å². The number of halogens is 4. The fourth-order valence-corrected chi connectivity index (χ4v) is 4.25. The second-order valence-corrected chi connectivity index (χ2v) is 8.09. The van der Waals surface area contributed by atoms with E-state index in [1.165, 1.54) is 13.4 Å². The summed E-state index contributed by atoms with van der Waals surface area (Å²) in [4.78, 5) is 9.16. The highest BCUT2D eigenvalue weighted by atomic mass is 19.3. The first-order valence-corrected chi connectivity index (χ1v) is 10.6. The molecule has 4 heterocycles. The zero-order valence-corrected chi connectivity index (χ0v) is 18.1. The Morgan fingerprint density at radius 2 is 2.21 bits per heavy atom. The molecule has 1 atom stereocenters. The number of nitrogens with one attached hydrogen (secondary N) is 1. The molecule has 0 bridgehead atoms. The van der Waals surface area contributed by atoms with Gasteiger partial charge in [0.05, 0.1) is 55.4 Å². The summed E-state index contributed by atoms with van der Waals surface area (Å²) in [7, 11) is 1.31. The van der Waals surface area contributed by atoms with Crippen molar-refractivity contribution in [3.8, 4) is 17.0 Å². The van der Waals surface area contributed by atoms with Crippen LogP contribution in [-0.4, -0.2) is 74.9 Å². The van der Waals surface area contributed by atoms with Crippen molar-refractivity contribution < 1.29 is 26.4 Å². The van der Waals surface area contributed by atoms with Gasteiger partial charge in [0.15, 0.2) is 5.82 Å². The molecule has 0 aliphatic carbocycles. The van der Waals surface area contributed by atoms with Crippen LogP contribution in [0.1, 0.15) is 10.5 Å². The summed E-state index contributed by atoms with van der Waals surface area (Å²) >= 11 is 0. The number of ether oxygens (including phenoxy) is 1. The zero-order chi connectivity index (χ0) is 26.5. The van der Waals surface area contributed by atoms with Crippen molar-refractivity contribution in [1.82, 2.24) is 29.0 Å². The van der Waals surface area contributed by atoms with Gasteiger partial charge in [0.25, 0.3) is 5.92 Å². The summed E-state index contributed by atoms with van der Waals surface area (Å²) < 4.78 is 88.0. The molecule has 34 heavy (non-hydrogen) atoms. The summed E-state index contributed by atoms with van der Waals surface area (Å²) in [6.45, 7) is -4.16. The topological polar surface area (TPSA) is 72.5 Å². The summed E-state index contributed by atoms with van der Waals surface area (Å²) in [6, 6.07) is 3.56. The van der Waals surface area contributed by atoms with Crippen LogP contribution in [0.15, 0.2) is 30.7 Å². The number of aromatic nitrogens is 5.